The van der Waals surface area contributed by atoms with Crippen LogP contribution in [0, 0.1) is 17.3 Å². The minimum Gasteiger partial charge on any atom is -0.339 e. The Morgan fingerprint density at radius 2 is 1.63 bits per heavy atom. The van der Waals surface area contributed by atoms with Crippen LogP contribution in [0.3, 0.4) is 0 Å². The lowest BCUT2D eigenvalue weighted by molar-refractivity contribution is -0.142. The van der Waals surface area contributed by atoms with Crippen LogP contribution in [-0.2, 0) is 4.79 Å². The third-order valence-electron chi connectivity index (χ3n) is 7.17. The second kappa shape index (κ2) is 8.53. The first-order valence-corrected chi connectivity index (χ1v) is 12.0. The molecule has 0 radical (unpaired) electrons. The molecule has 1 heterocycles. The van der Waals surface area contributed by atoms with Gasteiger partial charge in [0.15, 0.2) is 0 Å². The fraction of sp³-hybridized carbons (Fsp3) is 0.680. The summed E-state index contributed by atoms with van der Waals surface area (Å²) >= 11 is 5.94. The van der Waals surface area contributed by atoms with Crippen molar-refractivity contribution in [3.63, 3.8) is 0 Å². The van der Waals surface area contributed by atoms with Crippen molar-refractivity contribution in [2.75, 3.05) is 13.1 Å². The zero-order chi connectivity index (χ0) is 21.5. The highest BCUT2D eigenvalue weighted by molar-refractivity contribution is 6.30. The van der Waals surface area contributed by atoms with Crippen LogP contribution >= 0.6 is 11.6 Å². The van der Waals surface area contributed by atoms with Gasteiger partial charge in [-0.05, 0) is 80.5 Å². The Balaban J connectivity index is 1.39. The molecule has 2 saturated carbocycles. The molecule has 164 valence electrons. The fourth-order valence-corrected chi connectivity index (χ4v) is 5.96. The Labute approximate surface area is 185 Å². The van der Waals surface area contributed by atoms with Crippen molar-refractivity contribution in [2.24, 2.45) is 17.3 Å². The van der Waals surface area contributed by atoms with Gasteiger partial charge < -0.3 is 9.80 Å². The van der Waals surface area contributed by atoms with E-state index >= 15 is 0 Å². The third-order valence-corrected chi connectivity index (χ3v) is 7.43. The minimum atomic E-state index is 0.0412. The lowest BCUT2D eigenvalue weighted by Gasteiger charge is -2.45. The number of hydrogen-bond donors (Lipinski definition) is 0. The average molecular weight is 431 g/mol. The molecule has 0 spiro atoms. The summed E-state index contributed by atoms with van der Waals surface area (Å²) in [5.74, 6) is 1.12. The molecule has 1 aliphatic heterocycles. The lowest BCUT2D eigenvalue weighted by Crippen LogP contribution is -2.51. The van der Waals surface area contributed by atoms with Crippen LogP contribution in [0.25, 0.3) is 0 Å². The van der Waals surface area contributed by atoms with E-state index in [0.29, 0.717) is 53.0 Å². The first kappa shape index (κ1) is 21.7. The molecule has 3 fully saturated rings. The largest absolute Gasteiger partial charge is 0.339 e. The van der Waals surface area contributed by atoms with Crippen LogP contribution in [-0.4, -0.2) is 46.8 Å². The number of piperidine rings is 1. The van der Waals surface area contributed by atoms with E-state index in [-0.39, 0.29) is 11.8 Å². The van der Waals surface area contributed by atoms with Gasteiger partial charge in [-0.15, -0.1) is 0 Å². The molecule has 0 bridgehead atoms. The maximum absolute atomic E-state index is 13.6. The van der Waals surface area contributed by atoms with Crippen LogP contribution in [0.1, 0.15) is 76.1 Å². The molecule has 2 atom stereocenters. The van der Waals surface area contributed by atoms with Crippen molar-refractivity contribution in [3.8, 4) is 0 Å². The summed E-state index contributed by atoms with van der Waals surface area (Å²) in [4.78, 5) is 30.6. The highest BCUT2D eigenvalue weighted by atomic mass is 35.5. The Morgan fingerprint density at radius 1 is 1.00 bits per heavy atom. The van der Waals surface area contributed by atoms with Crippen molar-refractivity contribution in [1.82, 2.24) is 9.80 Å². The summed E-state index contributed by atoms with van der Waals surface area (Å²) in [6.07, 6.45) is 7.37. The Hall–Kier alpha value is -1.55. The van der Waals surface area contributed by atoms with E-state index in [1.165, 1.54) is 6.42 Å². The first-order chi connectivity index (χ1) is 14.2. The van der Waals surface area contributed by atoms with Gasteiger partial charge >= 0.3 is 0 Å². The van der Waals surface area contributed by atoms with Crippen LogP contribution in [0.5, 0.6) is 0 Å². The van der Waals surface area contributed by atoms with E-state index in [1.807, 2.05) is 4.90 Å². The topological polar surface area (TPSA) is 40.6 Å². The number of hydrogen-bond acceptors (Lipinski definition) is 2. The van der Waals surface area contributed by atoms with Gasteiger partial charge in [-0.3, -0.25) is 9.59 Å². The summed E-state index contributed by atoms with van der Waals surface area (Å²) in [5, 5.41) is 0.635. The molecular formula is C25H35ClN2O2. The summed E-state index contributed by atoms with van der Waals surface area (Å²) in [6.45, 7) is 8.36. The van der Waals surface area contributed by atoms with E-state index in [9.17, 15) is 9.59 Å². The van der Waals surface area contributed by atoms with Gasteiger partial charge in [0.2, 0.25) is 5.91 Å². The summed E-state index contributed by atoms with van der Waals surface area (Å²) in [7, 11) is 0. The molecule has 2 amide bonds. The standard InChI is InChI=1S/C25H35ClN2O2/c1-17-14-22(16-25(2,3)15-17)28(21-8-9-21)24(30)19-10-12-27(13-11-19)23(29)18-4-6-20(26)7-5-18/h4-7,17,19,21-22H,8-16H2,1-3H3/t17-,22-/m1/s1. The summed E-state index contributed by atoms with van der Waals surface area (Å²) in [6, 6.07) is 7.91. The number of likely N-dealkylation sites (tertiary alicyclic amines) is 1. The van der Waals surface area contributed by atoms with E-state index in [1.54, 1.807) is 24.3 Å². The van der Waals surface area contributed by atoms with E-state index in [4.69, 9.17) is 11.6 Å². The highest BCUT2D eigenvalue weighted by Crippen LogP contribution is 2.44. The number of rotatable bonds is 4. The van der Waals surface area contributed by atoms with Gasteiger partial charge in [0.05, 0.1) is 0 Å². The predicted molar refractivity (Wildman–Crippen MR) is 121 cm³/mol. The SMILES string of the molecule is C[C@@H]1C[C@@H](N(C(=O)C2CCN(C(=O)c3ccc(Cl)cc3)CC2)C2CC2)CC(C)(C)C1. The molecule has 30 heavy (non-hydrogen) atoms. The highest BCUT2D eigenvalue weighted by Gasteiger charge is 2.44. The van der Waals surface area contributed by atoms with Crippen molar-refractivity contribution >= 4 is 23.4 Å². The monoisotopic (exact) mass is 430 g/mol. The second-order valence-electron chi connectivity index (χ2n) is 10.6. The first-order valence-electron chi connectivity index (χ1n) is 11.6. The van der Waals surface area contributed by atoms with Gasteiger partial charge in [0.25, 0.3) is 5.91 Å². The number of carbonyl (C=O) groups excluding carboxylic acids is 2. The van der Waals surface area contributed by atoms with Crippen LogP contribution in [0.2, 0.25) is 5.02 Å². The predicted octanol–water partition coefficient (Wildman–Crippen LogP) is 5.40. The normalized spacial score (nSPS) is 27.0. The quantitative estimate of drug-likeness (QED) is 0.641. The van der Waals surface area contributed by atoms with Crippen LogP contribution < -0.4 is 0 Å². The molecule has 2 aliphatic carbocycles. The maximum Gasteiger partial charge on any atom is 0.253 e. The van der Waals surface area contributed by atoms with Crippen molar-refractivity contribution < 1.29 is 9.59 Å². The number of nitrogens with zero attached hydrogens (tertiary/aromatic N) is 2. The Kier molecular flexibility index (Phi) is 6.16. The average Bonchev–Trinajstić information content (AvgIpc) is 3.52. The van der Waals surface area contributed by atoms with E-state index < -0.39 is 0 Å². The van der Waals surface area contributed by atoms with Gasteiger partial charge in [0.1, 0.15) is 0 Å². The second-order valence-corrected chi connectivity index (χ2v) is 11.1. The minimum absolute atomic E-state index is 0.0412. The van der Waals surface area contributed by atoms with E-state index in [2.05, 4.69) is 25.7 Å². The van der Waals surface area contributed by atoms with Crippen molar-refractivity contribution in [3.05, 3.63) is 34.9 Å². The molecule has 1 aromatic carbocycles. The zero-order valence-corrected chi connectivity index (χ0v) is 19.3. The van der Waals surface area contributed by atoms with Crippen LogP contribution in [0.15, 0.2) is 24.3 Å². The number of benzene rings is 1. The molecule has 4 rings (SSSR count). The Bertz CT molecular complexity index is 779. The molecule has 0 unspecified atom stereocenters. The molecular weight excluding hydrogens is 396 g/mol. The molecule has 3 aliphatic rings. The smallest absolute Gasteiger partial charge is 0.253 e. The van der Waals surface area contributed by atoms with Crippen molar-refractivity contribution in [2.45, 2.75) is 77.8 Å². The zero-order valence-electron chi connectivity index (χ0n) is 18.6. The summed E-state index contributed by atoms with van der Waals surface area (Å²) in [5.41, 5.74) is 0.978. The molecule has 1 aromatic rings. The summed E-state index contributed by atoms with van der Waals surface area (Å²) < 4.78 is 0. The van der Waals surface area contributed by atoms with Crippen molar-refractivity contribution in [1.29, 1.82) is 0 Å². The molecule has 5 heteroatoms. The molecule has 0 N–H and O–H groups in total. The maximum atomic E-state index is 13.6. The van der Waals surface area contributed by atoms with Gasteiger partial charge in [-0.2, -0.15) is 0 Å². The van der Waals surface area contributed by atoms with Gasteiger partial charge in [-0.25, -0.2) is 0 Å². The third kappa shape index (κ3) is 4.85. The van der Waals surface area contributed by atoms with E-state index in [0.717, 1.165) is 38.5 Å². The Morgan fingerprint density at radius 3 is 2.20 bits per heavy atom. The molecule has 1 saturated heterocycles. The molecule has 4 nitrogen and oxygen atoms in total. The number of amides is 2. The van der Waals surface area contributed by atoms with Gasteiger partial charge in [-0.1, -0.05) is 32.4 Å². The van der Waals surface area contributed by atoms with Gasteiger partial charge in [0, 0.05) is 41.7 Å². The molecule has 0 aromatic heterocycles. The lowest BCUT2D eigenvalue weighted by atomic mass is 9.70. The van der Waals surface area contributed by atoms with Crippen LogP contribution in [0.4, 0.5) is 0 Å². The fourth-order valence-electron chi connectivity index (χ4n) is 5.83. The number of carbonyl (C=O) groups is 2. The number of halogens is 1.